The molecule has 1 fully saturated rings. The maximum absolute atomic E-state index is 12.7. The molecule has 1 aliphatic carbocycles. The van der Waals surface area contributed by atoms with Gasteiger partial charge >= 0.3 is 0 Å². The summed E-state index contributed by atoms with van der Waals surface area (Å²) in [4.78, 5) is 0. The summed E-state index contributed by atoms with van der Waals surface area (Å²) in [5, 5.41) is 1.38. The van der Waals surface area contributed by atoms with E-state index < -0.39 is 15.1 Å². The largest absolute Gasteiger partial charge is 0.327 e. The van der Waals surface area contributed by atoms with E-state index in [4.69, 9.17) is 5.73 Å². The minimum Gasteiger partial charge on any atom is -0.327 e. The van der Waals surface area contributed by atoms with Crippen LogP contribution in [0.1, 0.15) is 40.0 Å². The highest BCUT2D eigenvalue weighted by molar-refractivity contribution is 7.94. The fourth-order valence-corrected chi connectivity index (χ4v) is 6.04. The number of sulfone groups is 1. The van der Waals surface area contributed by atoms with Crippen molar-refractivity contribution in [3.63, 3.8) is 0 Å². The van der Waals surface area contributed by atoms with Crippen LogP contribution < -0.4 is 5.73 Å². The normalized spacial score (nSPS) is 29.4. The zero-order valence-electron chi connectivity index (χ0n) is 11.8. The maximum atomic E-state index is 12.7. The first-order valence-electron chi connectivity index (χ1n) is 6.76. The van der Waals surface area contributed by atoms with E-state index in [1.54, 1.807) is 12.1 Å². The van der Waals surface area contributed by atoms with Crippen LogP contribution in [-0.2, 0) is 9.84 Å². The van der Waals surface area contributed by atoms with Crippen molar-refractivity contribution < 1.29 is 8.42 Å². The molecule has 5 heteroatoms. The fourth-order valence-electron chi connectivity index (χ4n) is 2.87. The molecule has 2 rings (SSSR count). The molecular formula is C14H23NO2S2. The molecular weight excluding hydrogens is 278 g/mol. The number of nitrogens with two attached hydrogens (primary N) is 1. The van der Waals surface area contributed by atoms with Gasteiger partial charge in [-0.2, -0.15) is 0 Å². The minimum atomic E-state index is -3.27. The molecule has 1 heterocycles. The van der Waals surface area contributed by atoms with Gasteiger partial charge in [-0.05, 0) is 42.0 Å². The lowest BCUT2D eigenvalue weighted by molar-refractivity contribution is 0.171. The molecule has 1 aromatic rings. The first-order valence-corrected chi connectivity index (χ1v) is 9.18. The molecule has 0 bridgehead atoms. The van der Waals surface area contributed by atoms with E-state index in [9.17, 15) is 8.42 Å². The molecule has 0 saturated heterocycles. The predicted molar refractivity (Wildman–Crippen MR) is 80.1 cm³/mol. The summed E-state index contributed by atoms with van der Waals surface area (Å²) in [7, 11) is -3.27. The molecule has 1 aliphatic rings. The summed E-state index contributed by atoms with van der Waals surface area (Å²) in [6, 6.07) is 3.24. The second-order valence-electron chi connectivity index (χ2n) is 6.56. The Labute approximate surface area is 120 Å². The van der Waals surface area contributed by atoms with Gasteiger partial charge in [0.05, 0.1) is 5.25 Å². The molecule has 19 heavy (non-hydrogen) atoms. The van der Waals surface area contributed by atoms with E-state index in [1.807, 2.05) is 5.38 Å². The Morgan fingerprint density at radius 2 is 2.00 bits per heavy atom. The molecule has 0 spiro atoms. The Morgan fingerprint density at radius 1 is 1.32 bits per heavy atom. The number of thiophene rings is 1. The van der Waals surface area contributed by atoms with Crippen LogP contribution in [0.5, 0.6) is 0 Å². The van der Waals surface area contributed by atoms with Gasteiger partial charge in [0.2, 0.25) is 0 Å². The van der Waals surface area contributed by atoms with Crippen LogP contribution in [0.3, 0.4) is 0 Å². The molecule has 3 unspecified atom stereocenters. The first-order chi connectivity index (χ1) is 8.73. The highest BCUT2D eigenvalue weighted by atomic mass is 32.2. The second kappa shape index (κ2) is 5.19. The van der Waals surface area contributed by atoms with Gasteiger partial charge in [-0.25, -0.2) is 8.42 Å². The second-order valence-corrected chi connectivity index (χ2v) is 9.90. The Kier molecular flexibility index (Phi) is 4.10. The third-order valence-electron chi connectivity index (χ3n) is 4.24. The fraction of sp³-hybridized carbons (Fsp3) is 0.714. The monoisotopic (exact) mass is 301 g/mol. The quantitative estimate of drug-likeness (QED) is 0.913. The van der Waals surface area contributed by atoms with Crippen LogP contribution in [0.2, 0.25) is 0 Å². The van der Waals surface area contributed by atoms with Crippen molar-refractivity contribution >= 4 is 21.2 Å². The van der Waals surface area contributed by atoms with Crippen molar-refractivity contribution in [3.05, 3.63) is 17.5 Å². The van der Waals surface area contributed by atoms with Crippen molar-refractivity contribution in [1.29, 1.82) is 0 Å². The van der Waals surface area contributed by atoms with Crippen molar-refractivity contribution in [1.82, 2.24) is 0 Å². The Bertz CT molecular complexity index is 514. The van der Waals surface area contributed by atoms with Crippen LogP contribution in [0.25, 0.3) is 0 Å². The standard InChI is InChI=1S/C14H23NO2S2/c1-14(2,3)10-6-7-11(15)12(9-10)19(16,17)13-5-4-8-18-13/h4-5,8,10-12H,6-7,9,15H2,1-3H3. The third-order valence-corrected chi connectivity index (χ3v) is 7.92. The Balaban J connectivity index is 2.27. The molecule has 1 aromatic heterocycles. The van der Waals surface area contributed by atoms with Crippen molar-refractivity contribution in [2.24, 2.45) is 17.1 Å². The maximum Gasteiger partial charge on any atom is 0.192 e. The SMILES string of the molecule is CC(C)(C)C1CCC(N)C(S(=O)(=O)c2cccs2)C1. The number of rotatable bonds is 2. The molecule has 2 N–H and O–H groups in total. The average Bonchev–Trinajstić information content (AvgIpc) is 2.81. The van der Waals surface area contributed by atoms with Gasteiger partial charge in [-0.3, -0.25) is 0 Å². The van der Waals surface area contributed by atoms with Crippen LogP contribution in [-0.4, -0.2) is 19.7 Å². The van der Waals surface area contributed by atoms with Gasteiger partial charge in [-0.15, -0.1) is 11.3 Å². The van der Waals surface area contributed by atoms with E-state index in [2.05, 4.69) is 20.8 Å². The van der Waals surface area contributed by atoms with E-state index in [-0.39, 0.29) is 11.5 Å². The highest BCUT2D eigenvalue weighted by Crippen LogP contribution is 2.41. The van der Waals surface area contributed by atoms with E-state index >= 15 is 0 Å². The number of hydrogen-bond donors (Lipinski definition) is 1. The highest BCUT2D eigenvalue weighted by Gasteiger charge is 2.41. The summed E-state index contributed by atoms with van der Waals surface area (Å²) in [5.74, 6) is 0.423. The van der Waals surface area contributed by atoms with Gasteiger partial charge in [0, 0.05) is 6.04 Å². The summed E-state index contributed by atoms with van der Waals surface area (Å²) in [5.41, 5.74) is 6.24. The number of hydrogen-bond acceptors (Lipinski definition) is 4. The van der Waals surface area contributed by atoms with Crippen molar-refractivity contribution in [2.45, 2.75) is 55.5 Å². The Hall–Kier alpha value is -0.390. The first kappa shape index (κ1) is 15.0. The molecule has 0 amide bonds. The summed E-state index contributed by atoms with van der Waals surface area (Å²) in [6.45, 7) is 6.55. The third kappa shape index (κ3) is 3.03. The lowest BCUT2D eigenvalue weighted by atomic mass is 9.71. The van der Waals surface area contributed by atoms with E-state index in [1.165, 1.54) is 11.3 Å². The molecule has 0 aromatic carbocycles. The van der Waals surface area contributed by atoms with Gasteiger partial charge < -0.3 is 5.73 Å². The van der Waals surface area contributed by atoms with Gasteiger partial charge in [0.15, 0.2) is 9.84 Å². The summed E-state index contributed by atoms with van der Waals surface area (Å²) in [6.07, 6.45) is 2.52. The minimum absolute atomic E-state index is 0.142. The van der Waals surface area contributed by atoms with E-state index in [0.717, 1.165) is 12.8 Å². The topological polar surface area (TPSA) is 60.2 Å². The molecule has 108 valence electrons. The van der Waals surface area contributed by atoms with Crippen LogP contribution in [0, 0.1) is 11.3 Å². The van der Waals surface area contributed by atoms with Crippen molar-refractivity contribution in [3.8, 4) is 0 Å². The molecule has 0 radical (unpaired) electrons. The Morgan fingerprint density at radius 3 is 2.53 bits per heavy atom. The zero-order valence-corrected chi connectivity index (χ0v) is 13.4. The lowest BCUT2D eigenvalue weighted by Gasteiger charge is -2.40. The molecule has 0 aliphatic heterocycles. The molecule has 1 saturated carbocycles. The van der Waals surface area contributed by atoms with Gasteiger partial charge in [0.1, 0.15) is 4.21 Å². The summed E-state index contributed by atoms with van der Waals surface area (Å²) >= 11 is 1.29. The predicted octanol–water partition coefficient (Wildman–Crippen LogP) is 3.06. The molecule has 3 nitrogen and oxygen atoms in total. The zero-order chi connectivity index (χ0) is 14.3. The lowest BCUT2D eigenvalue weighted by Crippen LogP contribution is -2.47. The molecule has 3 atom stereocenters. The van der Waals surface area contributed by atoms with Gasteiger partial charge in [0.25, 0.3) is 0 Å². The van der Waals surface area contributed by atoms with Crippen LogP contribution >= 0.6 is 11.3 Å². The smallest absolute Gasteiger partial charge is 0.192 e. The van der Waals surface area contributed by atoms with Crippen molar-refractivity contribution in [2.75, 3.05) is 0 Å². The summed E-state index contributed by atoms with van der Waals surface area (Å²) < 4.78 is 25.8. The van der Waals surface area contributed by atoms with Crippen LogP contribution in [0.4, 0.5) is 0 Å². The van der Waals surface area contributed by atoms with E-state index in [0.29, 0.717) is 16.5 Å². The van der Waals surface area contributed by atoms with Crippen LogP contribution in [0.15, 0.2) is 21.7 Å². The van der Waals surface area contributed by atoms with Gasteiger partial charge in [-0.1, -0.05) is 26.8 Å². The average molecular weight is 301 g/mol.